The number of hydrogen-bond donors (Lipinski definition) is 0. The Morgan fingerprint density at radius 3 is 1.68 bits per heavy atom. The molecule has 0 aliphatic carbocycles. The lowest BCUT2D eigenvalue weighted by Gasteiger charge is -2.05. The number of ether oxygens (including phenoxy) is 2. The molecule has 0 unspecified atom stereocenters. The number of aryl methyl sites for hydroxylation is 3. The van der Waals surface area contributed by atoms with E-state index in [9.17, 15) is 9.59 Å². The van der Waals surface area contributed by atoms with Crippen molar-refractivity contribution in [2.24, 2.45) is 0 Å². The number of alkyl halides is 1. The van der Waals surface area contributed by atoms with Crippen molar-refractivity contribution in [1.29, 1.82) is 0 Å². The van der Waals surface area contributed by atoms with Gasteiger partial charge in [-0.1, -0.05) is 19.6 Å². The number of fused-ring (bicyclic) bond motifs is 2. The SMILES string of the molecule is C.COC(=O)c1ccnc(C)c1.COC(=O)c1ccnc(Cc2ccc3ncc(C)cc3c2)c1.Cc1cnc2ccc(CCl)cc2c1. The van der Waals surface area contributed by atoms with Crippen molar-refractivity contribution in [2.75, 3.05) is 14.2 Å². The van der Waals surface area contributed by atoms with E-state index in [1.807, 2.05) is 57.4 Å². The summed E-state index contributed by atoms with van der Waals surface area (Å²) in [6.45, 7) is 5.90. The number of esters is 2. The van der Waals surface area contributed by atoms with Gasteiger partial charge in [-0.3, -0.25) is 19.9 Å². The zero-order valence-corrected chi connectivity index (χ0v) is 27.2. The molecule has 0 fully saturated rings. The summed E-state index contributed by atoms with van der Waals surface area (Å²) < 4.78 is 9.26. The van der Waals surface area contributed by atoms with Crippen LogP contribution in [0.3, 0.4) is 0 Å². The van der Waals surface area contributed by atoms with Gasteiger partial charge in [-0.25, -0.2) is 9.59 Å². The summed E-state index contributed by atoms with van der Waals surface area (Å²) in [6.07, 6.45) is 7.62. The monoisotopic (exact) mass is 650 g/mol. The third-order valence-corrected chi connectivity index (χ3v) is 7.17. The Bertz CT molecular complexity index is 1980. The Hall–Kier alpha value is -5.21. The number of hydrogen-bond acceptors (Lipinski definition) is 8. The van der Waals surface area contributed by atoms with E-state index in [1.54, 1.807) is 36.7 Å². The largest absolute Gasteiger partial charge is 0.465 e. The maximum atomic E-state index is 11.6. The second-order valence-electron chi connectivity index (χ2n) is 10.6. The van der Waals surface area contributed by atoms with Crippen molar-refractivity contribution in [1.82, 2.24) is 19.9 Å². The van der Waals surface area contributed by atoms with Gasteiger partial charge in [0.25, 0.3) is 0 Å². The molecule has 2 aromatic carbocycles. The number of aromatic nitrogens is 4. The average Bonchev–Trinajstić information content (AvgIpc) is 3.07. The van der Waals surface area contributed by atoms with Gasteiger partial charge in [-0.05, 0) is 104 Å². The van der Waals surface area contributed by atoms with Gasteiger partial charge in [-0.2, -0.15) is 0 Å². The van der Waals surface area contributed by atoms with E-state index in [1.165, 1.54) is 19.8 Å². The van der Waals surface area contributed by atoms with Gasteiger partial charge in [0, 0.05) is 59.2 Å². The quantitative estimate of drug-likeness (QED) is 0.135. The summed E-state index contributed by atoms with van der Waals surface area (Å²) in [5.41, 5.74) is 9.30. The lowest BCUT2D eigenvalue weighted by atomic mass is 10.0. The summed E-state index contributed by atoms with van der Waals surface area (Å²) in [4.78, 5) is 39.5. The molecule has 8 nitrogen and oxygen atoms in total. The van der Waals surface area contributed by atoms with Crippen LogP contribution in [0.1, 0.15) is 61.8 Å². The van der Waals surface area contributed by atoms with Crippen LogP contribution >= 0.6 is 11.6 Å². The predicted octanol–water partition coefficient (Wildman–Crippen LogP) is 8.41. The summed E-state index contributed by atoms with van der Waals surface area (Å²) in [5.74, 6) is -0.110. The highest BCUT2D eigenvalue weighted by Gasteiger charge is 2.08. The maximum absolute atomic E-state index is 11.6. The van der Waals surface area contributed by atoms with E-state index in [0.29, 0.717) is 23.4 Å². The van der Waals surface area contributed by atoms with Crippen molar-refractivity contribution in [3.63, 3.8) is 0 Å². The molecular weight excluding hydrogens is 612 g/mol. The molecule has 0 N–H and O–H groups in total. The number of benzene rings is 2. The van der Waals surface area contributed by atoms with E-state index in [0.717, 1.165) is 49.9 Å². The maximum Gasteiger partial charge on any atom is 0.337 e. The number of methoxy groups -OCH3 is 2. The van der Waals surface area contributed by atoms with Crippen LogP contribution in [0.2, 0.25) is 0 Å². The van der Waals surface area contributed by atoms with Crippen LogP contribution in [-0.4, -0.2) is 46.1 Å². The van der Waals surface area contributed by atoms with Gasteiger partial charge in [0.2, 0.25) is 0 Å². The first-order chi connectivity index (χ1) is 22.2. The fraction of sp³-hybridized carbons (Fsp3) is 0.211. The lowest BCUT2D eigenvalue weighted by molar-refractivity contribution is 0.0591. The van der Waals surface area contributed by atoms with Crippen LogP contribution in [0.4, 0.5) is 0 Å². The van der Waals surface area contributed by atoms with E-state index >= 15 is 0 Å². The number of carbonyl (C=O) groups is 2. The summed E-state index contributed by atoms with van der Waals surface area (Å²) >= 11 is 5.75. The Labute approximate surface area is 280 Å². The van der Waals surface area contributed by atoms with Crippen molar-refractivity contribution in [3.05, 3.63) is 142 Å². The molecule has 4 aromatic heterocycles. The first-order valence-electron chi connectivity index (χ1n) is 14.5. The van der Waals surface area contributed by atoms with Crippen LogP contribution < -0.4 is 0 Å². The molecule has 0 bridgehead atoms. The molecule has 0 saturated carbocycles. The summed E-state index contributed by atoms with van der Waals surface area (Å²) in [7, 11) is 2.74. The van der Waals surface area contributed by atoms with Gasteiger partial charge in [0.05, 0.1) is 36.4 Å². The Balaban J connectivity index is 0.000000205. The van der Waals surface area contributed by atoms with Gasteiger partial charge < -0.3 is 9.47 Å². The second kappa shape index (κ2) is 17.5. The molecule has 0 amide bonds. The third kappa shape index (κ3) is 10.4. The van der Waals surface area contributed by atoms with Crippen molar-refractivity contribution < 1.29 is 19.1 Å². The molecular formula is C38H39ClN4O4. The smallest absolute Gasteiger partial charge is 0.337 e. The minimum Gasteiger partial charge on any atom is -0.465 e. The first kappa shape index (κ1) is 36.3. The highest BCUT2D eigenvalue weighted by atomic mass is 35.5. The highest BCUT2D eigenvalue weighted by molar-refractivity contribution is 6.17. The lowest BCUT2D eigenvalue weighted by Crippen LogP contribution is -2.03. The van der Waals surface area contributed by atoms with E-state index < -0.39 is 0 Å². The summed E-state index contributed by atoms with van der Waals surface area (Å²) in [6, 6.07) is 23.2. The first-order valence-corrected chi connectivity index (χ1v) is 15.0. The molecule has 0 aliphatic heterocycles. The molecule has 0 atom stereocenters. The zero-order chi connectivity index (χ0) is 33.1. The van der Waals surface area contributed by atoms with Gasteiger partial charge >= 0.3 is 11.9 Å². The van der Waals surface area contributed by atoms with Crippen LogP contribution in [-0.2, 0) is 21.8 Å². The van der Waals surface area contributed by atoms with Crippen LogP contribution in [0.25, 0.3) is 21.8 Å². The highest BCUT2D eigenvalue weighted by Crippen LogP contribution is 2.18. The zero-order valence-electron chi connectivity index (χ0n) is 26.5. The van der Waals surface area contributed by atoms with Gasteiger partial charge in [-0.15, -0.1) is 11.6 Å². The second-order valence-corrected chi connectivity index (χ2v) is 10.9. The number of pyridine rings is 4. The van der Waals surface area contributed by atoms with Gasteiger partial charge in [0.15, 0.2) is 0 Å². The van der Waals surface area contributed by atoms with Crippen molar-refractivity contribution in [3.8, 4) is 0 Å². The fourth-order valence-electron chi connectivity index (χ4n) is 4.59. The minimum atomic E-state index is -0.345. The van der Waals surface area contributed by atoms with E-state index in [4.69, 9.17) is 16.3 Å². The van der Waals surface area contributed by atoms with Crippen molar-refractivity contribution in [2.45, 2.75) is 40.5 Å². The number of rotatable bonds is 5. The predicted molar refractivity (Wildman–Crippen MR) is 188 cm³/mol. The standard InChI is InChI=1S/C18H16N2O2.C11H10ClN.C8H9NO2.CH4/c1-12-7-15-8-13(3-4-17(15)20-11-12)9-16-10-14(5-6-19-16)18(21)22-2;1-8-4-10-5-9(6-12)2-3-11(10)13-7-8;1-6-5-7(3-4-9-6)8(10)11-2;/h3-8,10-11H,9H2,1-2H3;2-5,7H,6H2,1H3;3-5H,1-2H3;1H4. The molecule has 9 heteroatoms. The topological polar surface area (TPSA) is 104 Å². The fourth-order valence-corrected chi connectivity index (χ4v) is 4.76. The summed E-state index contributed by atoms with van der Waals surface area (Å²) in [5, 5.41) is 2.28. The molecule has 47 heavy (non-hydrogen) atoms. The number of halogens is 1. The number of carbonyl (C=O) groups excluding carboxylic acids is 2. The van der Waals surface area contributed by atoms with Crippen LogP contribution in [0.15, 0.2) is 97.6 Å². The molecule has 0 aliphatic rings. The molecule has 6 rings (SSSR count). The minimum absolute atomic E-state index is 0. The third-order valence-electron chi connectivity index (χ3n) is 6.86. The molecule has 0 radical (unpaired) electrons. The molecule has 4 heterocycles. The van der Waals surface area contributed by atoms with E-state index in [2.05, 4.69) is 48.9 Å². The molecule has 0 saturated heterocycles. The average molecular weight is 651 g/mol. The number of nitrogens with zero attached hydrogens (tertiary/aromatic N) is 4. The Morgan fingerprint density at radius 1 is 0.638 bits per heavy atom. The van der Waals surface area contributed by atoms with Crippen LogP contribution in [0, 0.1) is 20.8 Å². The normalized spacial score (nSPS) is 10.1. The molecule has 242 valence electrons. The van der Waals surface area contributed by atoms with Gasteiger partial charge in [0.1, 0.15) is 0 Å². The van der Waals surface area contributed by atoms with Crippen LogP contribution in [0.5, 0.6) is 0 Å². The molecule has 0 spiro atoms. The Kier molecular flexibility index (Phi) is 13.5. The Morgan fingerprint density at radius 2 is 1.15 bits per heavy atom. The molecule has 6 aromatic rings. The van der Waals surface area contributed by atoms with Crippen molar-refractivity contribution >= 4 is 45.3 Å². The van der Waals surface area contributed by atoms with E-state index in [-0.39, 0.29) is 19.4 Å².